The van der Waals surface area contributed by atoms with E-state index in [4.69, 9.17) is 4.74 Å². The molecular formula is C15H21N3O6S. The molecule has 0 bridgehead atoms. The van der Waals surface area contributed by atoms with E-state index in [0.29, 0.717) is 6.42 Å². The number of hydrogen-bond acceptors (Lipinski definition) is 6. The highest BCUT2D eigenvalue weighted by atomic mass is 32.2. The minimum atomic E-state index is -3.71. The second-order valence-electron chi connectivity index (χ2n) is 4.95. The Morgan fingerprint density at radius 1 is 1.16 bits per heavy atom. The van der Waals surface area contributed by atoms with Gasteiger partial charge in [0.05, 0.1) is 17.0 Å². The Morgan fingerprint density at radius 2 is 1.88 bits per heavy atom. The van der Waals surface area contributed by atoms with Crippen LogP contribution in [0.1, 0.15) is 23.7 Å². The molecule has 0 spiro atoms. The standard InChI is InChI=1S/C15H21N3O6S/c1-3-7-18-25(22,23)12-6-4-5-11(8-12)15(21)24-10-14(20)17-9-13(19)16-2/h4-6,8,18H,3,7,9-10H2,1-2H3,(H,16,19)(H,17,20). The highest BCUT2D eigenvalue weighted by molar-refractivity contribution is 7.89. The van der Waals surface area contributed by atoms with Gasteiger partial charge in [0.15, 0.2) is 6.61 Å². The van der Waals surface area contributed by atoms with Crippen molar-refractivity contribution in [3.05, 3.63) is 29.8 Å². The molecule has 3 N–H and O–H groups in total. The normalized spacial score (nSPS) is 10.8. The van der Waals surface area contributed by atoms with E-state index in [1.807, 2.05) is 6.92 Å². The van der Waals surface area contributed by atoms with E-state index in [1.165, 1.54) is 31.3 Å². The molecule has 138 valence electrons. The van der Waals surface area contributed by atoms with Gasteiger partial charge in [-0.2, -0.15) is 0 Å². The Morgan fingerprint density at radius 3 is 2.52 bits per heavy atom. The number of esters is 1. The van der Waals surface area contributed by atoms with E-state index in [9.17, 15) is 22.8 Å². The van der Waals surface area contributed by atoms with Crippen LogP contribution >= 0.6 is 0 Å². The van der Waals surface area contributed by atoms with E-state index in [2.05, 4.69) is 15.4 Å². The van der Waals surface area contributed by atoms with Crippen LogP contribution in [0.5, 0.6) is 0 Å². The number of likely N-dealkylation sites (N-methyl/N-ethyl adjacent to an activating group) is 1. The fourth-order valence-corrected chi connectivity index (χ4v) is 2.82. The van der Waals surface area contributed by atoms with Crippen molar-refractivity contribution in [3.63, 3.8) is 0 Å². The van der Waals surface area contributed by atoms with Gasteiger partial charge in [0.2, 0.25) is 15.9 Å². The van der Waals surface area contributed by atoms with Crippen LogP contribution in [0.2, 0.25) is 0 Å². The van der Waals surface area contributed by atoms with Gasteiger partial charge in [-0.15, -0.1) is 0 Å². The zero-order chi connectivity index (χ0) is 18.9. The minimum Gasteiger partial charge on any atom is -0.452 e. The van der Waals surface area contributed by atoms with E-state index < -0.39 is 34.4 Å². The monoisotopic (exact) mass is 371 g/mol. The van der Waals surface area contributed by atoms with Gasteiger partial charge in [0.1, 0.15) is 0 Å². The molecule has 9 nitrogen and oxygen atoms in total. The summed E-state index contributed by atoms with van der Waals surface area (Å²) in [5.41, 5.74) is -0.00141. The summed E-state index contributed by atoms with van der Waals surface area (Å²) in [6, 6.07) is 5.31. The van der Waals surface area contributed by atoms with Gasteiger partial charge in [-0.1, -0.05) is 13.0 Å². The first-order chi connectivity index (χ1) is 11.8. The average Bonchev–Trinajstić information content (AvgIpc) is 2.62. The van der Waals surface area contributed by atoms with Crippen molar-refractivity contribution in [3.8, 4) is 0 Å². The van der Waals surface area contributed by atoms with Crippen molar-refractivity contribution in [2.45, 2.75) is 18.2 Å². The fourth-order valence-electron chi connectivity index (χ4n) is 1.64. The number of hydrogen-bond donors (Lipinski definition) is 3. The van der Waals surface area contributed by atoms with Gasteiger partial charge >= 0.3 is 5.97 Å². The molecule has 0 fully saturated rings. The van der Waals surface area contributed by atoms with Crippen LogP contribution in [0.3, 0.4) is 0 Å². The zero-order valence-corrected chi connectivity index (χ0v) is 14.8. The van der Waals surface area contributed by atoms with Crippen molar-refractivity contribution in [1.82, 2.24) is 15.4 Å². The van der Waals surface area contributed by atoms with Crippen LogP contribution in [0.15, 0.2) is 29.2 Å². The number of carbonyl (C=O) groups excluding carboxylic acids is 3. The third-order valence-electron chi connectivity index (χ3n) is 2.98. The summed E-state index contributed by atoms with van der Waals surface area (Å²) >= 11 is 0. The first kappa shape index (κ1) is 20.6. The number of rotatable bonds is 9. The molecule has 1 aromatic rings. The van der Waals surface area contributed by atoms with Crippen LogP contribution < -0.4 is 15.4 Å². The maximum atomic E-state index is 12.0. The largest absolute Gasteiger partial charge is 0.452 e. The molecular weight excluding hydrogens is 350 g/mol. The van der Waals surface area contributed by atoms with Crippen molar-refractivity contribution >= 4 is 27.8 Å². The molecule has 0 atom stereocenters. The summed E-state index contributed by atoms with van der Waals surface area (Å²) in [6.45, 7) is 1.29. The first-order valence-corrected chi connectivity index (χ1v) is 9.02. The topological polar surface area (TPSA) is 131 Å². The van der Waals surface area contributed by atoms with Crippen molar-refractivity contribution in [1.29, 1.82) is 0 Å². The summed E-state index contributed by atoms with van der Waals surface area (Å²) in [5, 5.41) is 4.59. The number of ether oxygens (including phenoxy) is 1. The van der Waals surface area contributed by atoms with Crippen LogP contribution in [-0.2, 0) is 24.3 Å². The van der Waals surface area contributed by atoms with Crippen LogP contribution in [0.25, 0.3) is 0 Å². The Balaban J connectivity index is 2.66. The Hall–Kier alpha value is -2.46. The zero-order valence-electron chi connectivity index (χ0n) is 14.0. The van der Waals surface area contributed by atoms with Crippen LogP contribution in [-0.4, -0.2) is 52.9 Å². The SMILES string of the molecule is CCCNS(=O)(=O)c1cccc(C(=O)OCC(=O)NCC(=O)NC)c1. The van der Waals surface area contributed by atoms with Gasteiger partial charge in [0.25, 0.3) is 5.91 Å². The predicted octanol–water partition coefficient (Wildman–Crippen LogP) is -0.606. The molecule has 0 saturated heterocycles. The Bertz CT molecular complexity index is 733. The molecule has 0 aliphatic rings. The molecule has 0 aliphatic heterocycles. The second kappa shape index (κ2) is 9.74. The summed E-state index contributed by atoms with van der Waals surface area (Å²) in [5.74, 6) is -1.88. The number of benzene rings is 1. The van der Waals surface area contributed by atoms with Gasteiger partial charge in [0, 0.05) is 13.6 Å². The maximum absolute atomic E-state index is 12.0. The van der Waals surface area contributed by atoms with Crippen LogP contribution in [0.4, 0.5) is 0 Å². The van der Waals surface area contributed by atoms with Crippen LogP contribution in [0, 0.1) is 0 Å². The van der Waals surface area contributed by atoms with Gasteiger partial charge in [-0.3, -0.25) is 9.59 Å². The number of nitrogens with one attached hydrogen (secondary N) is 3. The van der Waals surface area contributed by atoms with E-state index in [0.717, 1.165) is 0 Å². The van der Waals surface area contributed by atoms with Crippen molar-refractivity contribution < 1.29 is 27.5 Å². The number of carbonyl (C=O) groups is 3. The molecule has 25 heavy (non-hydrogen) atoms. The molecule has 0 aliphatic carbocycles. The molecule has 0 unspecified atom stereocenters. The molecule has 1 rings (SSSR count). The third kappa shape index (κ3) is 6.89. The quantitative estimate of drug-likeness (QED) is 0.497. The Labute approximate surface area is 146 Å². The van der Waals surface area contributed by atoms with E-state index in [-0.39, 0.29) is 23.5 Å². The lowest BCUT2D eigenvalue weighted by atomic mass is 10.2. The first-order valence-electron chi connectivity index (χ1n) is 7.54. The van der Waals surface area contributed by atoms with E-state index in [1.54, 1.807) is 0 Å². The lowest BCUT2D eigenvalue weighted by Crippen LogP contribution is -2.37. The third-order valence-corrected chi connectivity index (χ3v) is 4.44. The highest BCUT2D eigenvalue weighted by Gasteiger charge is 2.17. The molecule has 0 saturated carbocycles. The smallest absolute Gasteiger partial charge is 0.338 e. The van der Waals surface area contributed by atoms with Gasteiger partial charge < -0.3 is 15.4 Å². The summed E-state index contributed by atoms with van der Waals surface area (Å²) in [4.78, 5) is 34.3. The number of sulfonamides is 1. The summed E-state index contributed by atoms with van der Waals surface area (Å²) in [7, 11) is -2.29. The Kier molecular flexibility index (Phi) is 8.02. The lowest BCUT2D eigenvalue weighted by molar-refractivity contribution is -0.127. The summed E-state index contributed by atoms with van der Waals surface area (Å²) in [6.07, 6.45) is 0.631. The predicted molar refractivity (Wildman–Crippen MR) is 89.3 cm³/mol. The maximum Gasteiger partial charge on any atom is 0.338 e. The molecule has 1 aromatic carbocycles. The second-order valence-corrected chi connectivity index (χ2v) is 6.72. The summed E-state index contributed by atoms with van der Waals surface area (Å²) < 4.78 is 31.3. The van der Waals surface area contributed by atoms with Crippen molar-refractivity contribution in [2.24, 2.45) is 0 Å². The molecule has 2 amide bonds. The average molecular weight is 371 g/mol. The fraction of sp³-hybridized carbons (Fsp3) is 0.400. The van der Waals surface area contributed by atoms with E-state index >= 15 is 0 Å². The molecule has 0 aromatic heterocycles. The minimum absolute atomic E-state index is 0.00141. The van der Waals surface area contributed by atoms with Crippen molar-refractivity contribution in [2.75, 3.05) is 26.7 Å². The highest BCUT2D eigenvalue weighted by Crippen LogP contribution is 2.12. The van der Waals surface area contributed by atoms with Gasteiger partial charge in [-0.25, -0.2) is 17.9 Å². The molecule has 0 radical (unpaired) electrons. The molecule has 10 heteroatoms. The molecule has 0 heterocycles. The van der Waals surface area contributed by atoms with Gasteiger partial charge in [-0.05, 0) is 24.6 Å². The number of amides is 2. The lowest BCUT2D eigenvalue weighted by Gasteiger charge is -2.08.